The predicted octanol–water partition coefficient (Wildman–Crippen LogP) is 2.66. The molecule has 2 unspecified atom stereocenters. The quantitative estimate of drug-likeness (QED) is 0.926. The first-order chi connectivity index (χ1) is 9.86. The monoisotopic (exact) mass is 295 g/mol. The number of methoxy groups -OCH3 is 1. The third-order valence-corrected chi connectivity index (χ3v) is 5.47. The van der Waals surface area contributed by atoms with Crippen LogP contribution in [0.15, 0.2) is 11.6 Å². The summed E-state index contributed by atoms with van der Waals surface area (Å²) in [5, 5.41) is 7.09. The maximum Gasteiger partial charge on any atom is 0.185 e. The lowest BCUT2D eigenvalue weighted by Crippen LogP contribution is -2.51. The molecule has 0 bridgehead atoms. The normalized spacial score (nSPS) is 28.8. The molecule has 2 aliphatic rings. The highest BCUT2D eigenvalue weighted by molar-refractivity contribution is 7.13. The first-order valence-corrected chi connectivity index (χ1v) is 8.68. The molecule has 1 N–H and O–H groups in total. The van der Waals surface area contributed by atoms with E-state index in [-0.39, 0.29) is 0 Å². The molecule has 0 aromatic carbocycles. The molecule has 0 spiro atoms. The van der Waals surface area contributed by atoms with Crippen molar-refractivity contribution in [2.75, 3.05) is 25.1 Å². The highest BCUT2D eigenvalue weighted by atomic mass is 32.1. The smallest absolute Gasteiger partial charge is 0.185 e. The number of aromatic nitrogens is 1. The fourth-order valence-electron chi connectivity index (χ4n) is 3.48. The molecule has 5 heteroatoms. The molecular weight excluding hydrogens is 270 g/mol. The van der Waals surface area contributed by atoms with Crippen LogP contribution in [0.5, 0.6) is 0 Å². The van der Waals surface area contributed by atoms with Crippen LogP contribution in [-0.4, -0.2) is 43.4 Å². The summed E-state index contributed by atoms with van der Waals surface area (Å²) in [5.74, 6) is 0. The average Bonchev–Trinajstić information content (AvgIpc) is 3.03. The molecule has 2 atom stereocenters. The lowest BCUT2D eigenvalue weighted by Gasteiger charge is -2.38. The van der Waals surface area contributed by atoms with Gasteiger partial charge in [0.05, 0.1) is 6.10 Å². The van der Waals surface area contributed by atoms with Crippen molar-refractivity contribution < 1.29 is 4.74 Å². The minimum absolute atomic E-state index is 0.417. The van der Waals surface area contributed by atoms with E-state index in [1.807, 2.05) is 13.3 Å². The molecule has 1 aromatic heterocycles. The number of anilines is 1. The van der Waals surface area contributed by atoms with Gasteiger partial charge in [0.1, 0.15) is 0 Å². The highest BCUT2D eigenvalue weighted by Gasteiger charge is 2.28. The van der Waals surface area contributed by atoms with E-state index in [1.165, 1.54) is 43.7 Å². The maximum absolute atomic E-state index is 5.64. The molecule has 2 heterocycles. The van der Waals surface area contributed by atoms with Crippen LogP contribution in [0.3, 0.4) is 0 Å². The van der Waals surface area contributed by atoms with Gasteiger partial charge in [0.2, 0.25) is 0 Å². The molecule has 0 amide bonds. The van der Waals surface area contributed by atoms with Gasteiger partial charge < -0.3 is 15.0 Å². The molecule has 3 rings (SSSR count). The fourth-order valence-corrected chi connectivity index (χ4v) is 4.18. The Hall–Kier alpha value is -0.650. The van der Waals surface area contributed by atoms with Crippen molar-refractivity contribution in [2.24, 2.45) is 0 Å². The van der Waals surface area contributed by atoms with Gasteiger partial charge in [0.25, 0.3) is 0 Å². The Labute approximate surface area is 125 Å². The van der Waals surface area contributed by atoms with Crippen LogP contribution in [0.2, 0.25) is 0 Å². The van der Waals surface area contributed by atoms with Gasteiger partial charge in [-0.3, -0.25) is 0 Å². The van der Waals surface area contributed by atoms with Gasteiger partial charge in [-0.05, 0) is 25.7 Å². The molecule has 4 nitrogen and oxygen atoms in total. The van der Waals surface area contributed by atoms with E-state index in [0.29, 0.717) is 18.2 Å². The summed E-state index contributed by atoms with van der Waals surface area (Å²) >= 11 is 1.74. The molecule has 2 fully saturated rings. The zero-order valence-electron chi connectivity index (χ0n) is 12.3. The summed E-state index contributed by atoms with van der Waals surface area (Å²) in [6, 6.07) is 1.21. The lowest BCUT2D eigenvalue weighted by molar-refractivity contribution is 0.0365. The Morgan fingerprint density at radius 2 is 2.05 bits per heavy atom. The Balaban J connectivity index is 1.48. The first-order valence-electron chi connectivity index (χ1n) is 7.80. The van der Waals surface area contributed by atoms with E-state index in [1.54, 1.807) is 11.3 Å². The lowest BCUT2D eigenvalue weighted by atomic mass is 9.91. The molecule has 0 radical (unpaired) electrons. The van der Waals surface area contributed by atoms with Crippen molar-refractivity contribution in [3.8, 4) is 0 Å². The number of hydrogen-bond donors (Lipinski definition) is 1. The number of ether oxygens (including phenoxy) is 1. The van der Waals surface area contributed by atoms with Crippen LogP contribution in [0.4, 0.5) is 5.13 Å². The van der Waals surface area contributed by atoms with Gasteiger partial charge in [-0.1, -0.05) is 12.8 Å². The van der Waals surface area contributed by atoms with Crippen molar-refractivity contribution in [3.05, 3.63) is 11.6 Å². The van der Waals surface area contributed by atoms with Crippen LogP contribution in [-0.2, 0) is 4.74 Å². The zero-order valence-corrected chi connectivity index (χ0v) is 13.1. The number of thiazole rings is 1. The molecular formula is C15H25N3OS. The second kappa shape index (κ2) is 6.87. The van der Waals surface area contributed by atoms with Crippen molar-refractivity contribution in [1.29, 1.82) is 0 Å². The second-order valence-electron chi connectivity index (χ2n) is 5.91. The number of piperidine rings is 1. The largest absolute Gasteiger partial charge is 0.380 e. The van der Waals surface area contributed by atoms with Crippen LogP contribution >= 0.6 is 11.3 Å². The number of nitrogens with one attached hydrogen (secondary N) is 1. The van der Waals surface area contributed by atoms with Crippen LogP contribution in [0.25, 0.3) is 0 Å². The topological polar surface area (TPSA) is 37.4 Å². The third kappa shape index (κ3) is 3.32. The van der Waals surface area contributed by atoms with E-state index in [4.69, 9.17) is 4.74 Å². The zero-order chi connectivity index (χ0) is 13.8. The summed E-state index contributed by atoms with van der Waals surface area (Å²) in [7, 11) is 1.86. The van der Waals surface area contributed by atoms with Crippen LogP contribution in [0, 0.1) is 0 Å². The van der Waals surface area contributed by atoms with E-state index in [2.05, 4.69) is 20.6 Å². The van der Waals surface area contributed by atoms with Gasteiger partial charge >= 0.3 is 0 Å². The molecule has 112 valence electrons. The number of rotatable bonds is 4. The van der Waals surface area contributed by atoms with E-state index >= 15 is 0 Å². The van der Waals surface area contributed by atoms with E-state index in [9.17, 15) is 0 Å². The van der Waals surface area contributed by atoms with Crippen LogP contribution < -0.4 is 10.2 Å². The van der Waals surface area contributed by atoms with Crippen molar-refractivity contribution in [3.63, 3.8) is 0 Å². The standard InChI is InChI=1S/C15H25N3OS/c1-19-14-5-3-2-4-13(14)17-12-6-9-18(10-7-12)15-16-8-11-20-15/h8,11-14,17H,2-7,9-10H2,1H3. The number of hydrogen-bond acceptors (Lipinski definition) is 5. The first kappa shape index (κ1) is 14.3. The molecule has 20 heavy (non-hydrogen) atoms. The van der Waals surface area contributed by atoms with Gasteiger partial charge in [0.15, 0.2) is 5.13 Å². The third-order valence-electron chi connectivity index (χ3n) is 4.64. The Kier molecular flexibility index (Phi) is 4.91. The molecule has 1 aliphatic carbocycles. The van der Waals surface area contributed by atoms with E-state index in [0.717, 1.165) is 13.1 Å². The Morgan fingerprint density at radius 1 is 1.25 bits per heavy atom. The number of nitrogens with zero attached hydrogens (tertiary/aromatic N) is 2. The minimum Gasteiger partial charge on any atom is -0.380 e. The minimum atomic E-state index is 0.417. The van der Waals surface area contributed by atoms with Gasteiger partial charge in [-0.25, -0.2) is 4.98 Å². The molecule has 1 aromatic rings. The molecule has 1 saturated carbocycles. The Morgan fingerprint density at radius 3 is 2.75 bits per heavy atom. The maximum atomic E-state index is 5.64. The van der Waals surface area contributed by atoms with Crippen molar-refractivity contribution in [2.45, 2.75) is 56.7 Å². The predicted molar refractivity (Wildman–Crippen MR) is 83.5 cm³/mol. The summed E-state index contributed by atoms with van der Waals surface area (Å²) in [4.78, 5) is 6.82. The Bertz CT molecular complexity index is 390. The average molecular weight is 295 g/mol. The summed E-state index contributed by atoms with van der Waals surface area (Å²) in [5.41, 5.74) is 0. The SMILES string of the molecule is COC1CCCCC1NC1CCN(c2nccs2)CC1. The van der Waals surface area contributed by atoms with Gasteiger partial charge in [-0.15, -0.1) is 11.3 Å². The van der Waals surface area contributed by atoms with Crippen molar-refractivity contribution in [1.82, 2.24) is 10.3 Å². The van der Waals surface area contributed by atoms with E-state index < -0.39 is 0 Å². The van der Waals surface area contributed by atoms with Gasteiger partial charge in [-0.2, -0.15) is 0 Å². The van der Waals surface area contributed by atoms with Crippen LogP contribution in [0.1, 0.15) is 38.5 Å². The summed E-state index contributed by atoms with van der Waals surface area (Å²) in [6.45, 7) is 2.24. The summed E-state index contributed by atoms with van der Waals surface area (Å²) < 4.78 is 5.64. The fraction of sp³-hybridized carbons (Fsp3) is 0.800. The van der Waals surface area contributed by atoms with Gasteiger partial charge in [0, 0.05) is 43.9 Å². The molecule has 1 aliphatic heterocycles. The van der Waals surface area contributed by atoms with Crippen molar-refractivity contribution >= 4 is 16.5 Å². The summed E-state index contributed by atoms with van der Waals surface area (Å²) in [6.07, 6.45) is 9.89. The molecule has 1 saturated heterocycles. The highest BCUT2D eigenvalue weighted by Crippen LogP contribution is 2.25. The second-order valence-corrected chi connectivity index (χ2v) is 6.78.